The fourth-order valence-corrected chi connectivity index (χ4v) is 3.48. The van der Waals surface area contributed by atoms with Gasteiger partial charge in [0, 0.05) is 36.9 Å². The smallest absolute Gasteiger partial charge is 0.321 e. The molecule has 158 valence electrons. The van der Waals surface area contributed by atoms with Gasteiger partial charge in [0.05, 0.1) is 11.1 Å². The molecule has 0 unspecified atom stereocenters. The molecule has 1 aliphatic heterocycles. The summed E-state index contributed by atoms with van der Waals surface area (Å²) in [6.45, 7) is 8.78. The number of hydrogen-bond acceptors (Lipinski definition) is 2. The van der Waals surface area contributed by atoms with Crippen LogP contribution in [0.5, 0.6) is 0 Å². The summed E-state index contributed by atoms with van der Waals surface area (Å²) < 4.78 is 77.4. The molecule has 1 saturated heterocycles. The van der Waals surface area contributed by atoms with E-state index in [1.54, 1.807) is 0 Å². The number of halogens is 6. The second-order valence-corrected chi connectivity index (χ2v) is 7.42. The Morgan fingerprint density at radius 2 is 1.39 bits per heavy atom. The molecule has 1 fully saturated rings. The summed E-state index contributed by atoms with van der Waals surface area (Å²) in [5.74, 6) is 0. The van der Waals surface area contributed by atoms with Crippen LogP contribution in [0.15, 0.2) is 18.2 Å². The largest absolute Gasteiger partial charge is 0.416 e. The molecule has 1 N–H and O–H groups in total. The Bertz CT molecular complexity index is 668. The van der Waals surface area contributed by atoms with Crippen molar-refractivity contribution in [1.29, 1.82) is 0 Å². The van der Waals surface area contributed by atoms with E-state index in [1.165, 1.54) is 4.90 Å². The first-order valence-corrected chi connectivity index (χ1v) is 8.83. The van der Waals surface area contributed by atoms with Gasteiger partial charge in [0.1, 0.15) is 0 Å². The van der Waals surface area contributed by atoms with Crippen LogP contribution >= 0.6 is 0 Å². The Morgan fingerprint density at radius 1 is 0.964 bits per heavy atom. The summed E-state index contributed by atoms with van der Waals surface area (Å²) >= 11 is 0. The minimum Gasteiger partial charge on any atom is -0.321 e. The van der Waals surface area contributed by atoms with E-state index in [0.717, 1.165) is 0 Å². The molecule has 1 aromatic rings. The van der Waals surface area contributed by atoms with E-state index in [2.05, 4.69) is 10.2 Å². The van der Waals surface area contributed by atoms with E-state index in [4.69, 9.17) is 0 Å². The molecule has 10 heteroatoms. The second kappa shape index (κ2) is 7.81. The zero-order valence-corrected chi connectivity index (χ0v) is 15.9. The highest BCUT2D eigenvalue weighted by Crippen LogP contribution is 2.37. The molecule has 0 atom stereocenters. The van der Waals surface area contributed by atoms with E-state index in [-0.39, 0.29) is 24.2 Å². The number of urea groups is 1. The number of amides is 2. The summed E-state index contributed by atoms with van der Waals surface area (Å²) in [7, 11) is 0. The minimum atomic E-state index is -4.96. The summed E-state index contributed by atoms with van der Waals surface area (Å²) in [5, 5.41) is 2.16. The lowest BCUT2D eigenvalue weighted by Crippen LogP contribution is -2.64. The Labute approximate surface area is 159 Å². The van der Waals surface area contributed by atoms with Crippen LogP contribution in [-0.4, -0.2) is 47.0 Å². The van der Waals surface area contributed by atoms with Gasteiger partial charge in [-0.15, -0.1) is 0 Å². The molecular weight excluding hydrogens is 388 g/mol. The second-order valence-electron chi connectivity index (χ2n) is 7.42. The lowest BCUT2D eigenvalue weighted by Gasteiger charge is -2.48. The number of benzene rings is 1. The van der Waals surface area contributed by atoms with Crippen LogP contribution < -0.4 is 5.32 Å². The molecule has 4 nitrogen and oxygen atoms in total. The third-order valence-corrected chi connectivity index (χ3v) is 4.60. The van der Waals surface area contributed by atoms with Crippen molar-refractivity contribution < 1.29 is 31.1 Å². The van der Waals surface area contributed by atoms with Gasteiger partial charge in [-0.2, -0.15) is 26.3 Å². The van der Waals surface area contributed by atoms with Gasteiger partial charge < -0.3 is 10.2 Å². The maximum Gasteiger partial charge on any atom is 0.416 e. The first-order chi connectivity index (χ1) is 12.7. The summed E-state index contributed by atoms with van der Waals surface area (Å²) in [5.41, 5.74) is -3.48. The number of likely N-dealkylation sites (tertiary alicyclic amines) is 1. The fraction of sp³-hybridized carbons (Fsp3) is 0.611. The number of anilines is 1. The van der Waals surface area contributed by atoms with E-state index in [1.807, 2.05) is 27.7 Å². The van der Waals surface area contributed by atoms with Crippen molar-refractivity contribution in [1.82, 2.24) is 9.80 Å². The highest BCUT2D eigenvalue weighted by Gasteiger charge is 2.39. The van der Waals surface area contributed by atoms with Gasteiger partial charge in [0.25, 0.3) is 0 Å². The maximum absolute atomic E-state index is 12.9. The number of rotatable bonds is 4. The fourth-order valence-electron chi connectivity index (χ4n) is 3.48. The Kier molecular flexibility index (Phi) is 6.22. The van der Waals surface area contributed by atoms with Gasteiger partial charge in [-0.25, -0.2) is 4.79 Å². The molecule has 0 aromatic heterocycles. The van der Waals surface area contributed by atoms with Crippen LogP contribution in [0, 0.1) is 0 Å². The summed E-state index contributed by atoms with van der Waals surface area (Å²) in [4.78, 5) is 15.8. The third kappa shape index (κ3) is 5.09. The average molecular weight is 411 g/mol. The number of nitrogens with one attached hydrogen (secondary N) is 1. The lowest BCUT2D eigenvalue weighted by molar-refractivity contribution is -0.143. The molecule has 1 heterocycles. The highest BCUT2D eigenvalue weighted by molar-refractivity contribution is 5.90. The standard InChI is InChI=1S/C18H23F6N3O/c1-10(2)27(11(3)4)15-8-26(9-15)16(28)25-14-6-12(17(19,20)21)5-13(7-14)18(22,23)24/h5-7,10-11,15H,8-9H2,1-4H3,(H,25,28). The Hall–Kier alpha value is -1.97. The van der Waals surface area contributed by atoms with Gasteiger partial charge in [-0.05, 0) is 45.9 Å². The average Bonchev–Trinajstić information content (AvgIpc) is 2.47. The molecule has 0 bridgehead atoms. The van der Waals surface area contributed by atoms with Crippen LogP contribution in [0.1, 0.15) is 38.8 Å². The minimum absolute atomic E-state index is 0.0263. The molecular formula is C18H23F6N3O. The van der Waals surface area contributed by atoms with Crippen LogP contribution in [0.3, 0.4) is 0 Å². The molecule has 0 radical (unpaired) electrons. The molecule has 2 rings (SSSR count). The number of carbonyl (C=O) groups is 1. The molecule has 0 aliphatic carbocycles. The number of carbonyl (C=O) groups excluding carboxylic acids is 1. The van der Waals surface area contributed by atoms with Crippen molar-refractivity contribution in [2.45, 2.75) is 58.2 Å². The Morgan fingerprint density at radius 3 is 1.75 bits per heavy atom. The summed E-state index contributed by atoms with van der Waals surface area (Å²) in [6, 6.07) is 0.881. The van der Waals surface area contributed by atoms with Crippen molar-refractivity contribution in [2.75, 3.05) is 18.4 Å². The van der Waals surface area contributed by atoms with Gasteiger partial charge in [-0.1, -0.05) is 0 Å². The quantitative estimate of drug-likeness (QED) is 0.703. The lowest BCUT2D eigenvalue weighted by atomic mass is 10.0. The summed E-state index contributed by atoms with van der Waals surface area (Å²) in [6.07, 6.45) is -9.92. The Balaban J connectivity index is 2.13. The van der Waals surface area contributed by atoms with Crippen molar-refractivity contribution >= 4 is 11.7 Å². The van der Waals surface area contributed by atoms with Crippen molar-refractivity contribution in [2.24, 2.45) is 0 Å². The van der Waals surface area contributed by atoms with Crippen molar-refractivity contribution in [3.8, 4) is 0 Å². The third-order valence-electron chi connectivity index (χ3n) is 4.60. The monoisotopic (exact) mass is 411 g/mol. The molecule has 1 aromatic carbocycles. The van der Waals surface area contributed by atoms with Gasteiger partial charge >= 0.3 is 18.4 Å². The topological polar surface area (TPSA) is 35.6 Å². The molecule has 2 amide bonds. The normalized spacial score (nSPS) is 16.1. The van der Waals surface area contributed by atoms with E-state index < -0.39 is 35.2 Å². The van der Waals surface area contributed by atoms with Crippen LogP contribution in [0.2, 0.25) is 0 Å². The van der Waals surface area contributed by atoms with Crippen LogP contribution in [0.4, 0.5) is 36.8 Å². The van der Waals surface area contributed by atoms with E-state index in [9.17, 15) is 31.1 Å². The zero-order valence-electron chi connectivity index (χ0n) is 15.9. The van der Waals surface area contributed by atoms with Crippen LogP contribution in [0.25, 0.3) is 0 Å². The van der Waals surface area contributed by atoms with Gasteiger partial charge in [-0.3, -0.25) is 4.90 Å². The SMILES string of the molecule is CC(C)N(C(C)C)C1CN(C(=O)Nc2cc(C(F)(F)F)cc(C(F)(F)F)c2)C1. The molecule has 0 saturated carbocycles. The molecule has 28 heavy (non-hydrogen) atoms. The zero-order chi connectivity index (χ0) is 21.4. The number of nitrogens with zero attached hydrogens (tertiary/aromatic N) is 2. The predicted octanol–water partition coefficient (Wildman–Crippen LogP) is 5.06. The predicted molar refractivity (Wildman–Crippen MR) is 92.9 cm³/mol. The molecule has 1 aliphatic rings. The number of hydrogen-bond donors (Lipinski definition) is 1. The molecule has 0 spiro atoms. The first-order valence-electron chi connectivity index (χ1n) is 8.83. The van der Waals surface area contributed by atoms with Crippen molar-refractivity contribution in [3.63, 3.8) is 0 Å². The van der Waals surface area contributed by atoms with Gasteiger partial charge in [0.15, 0.2) is 0 Å². The van der Waals surface area contributed by atoms with Gasteiger partial charge in [0.2, 0.25) is 0 Å². The van der Waals surface area contributed by atoms with Crippen molar-refractivity contribution in [3.05, 3.63) is 29.3 Å². The maximum atomic E-state index is 12.9. The van der Waals surface area contributed by atoms with E-state index >= 15 is 0 Å². The van der Waals surface area contributed by atoms with E-state index in [0.29, 0.717) is 25.2 Å². The van der Waals surface area contributed by atoms with Crippen LogP contribution in [-0.2, 0) is 12.4 Å². The number of alkyl halides is 6. The first kappa shape index (κ1) is 22.3. The highest BCUT2D eigenvalue weighted by atomic mass is 19.4.